The summed E-state index contributed by atoms with van der Waals surface area (Å²) in [7, 11) is 0. The number of nitro groups is 1. The average molecular weight is 376 g/mol. The van der Waals surface area contributed by atoms with Crippen LogP contribution in [0.25, 0.3) is 6.08 Å². The molecule has 0 aromatic heterocycles. The van der Waals surface area contributed by atoms with Crippen LogP contribution in [-0.4, -0.2) is 16.8 Å². The smallest absolute Gasteiger partial charge is 0.402 e. The Labute approximate surface area is 150 Å². The number of alkyl halides is 3. The second-order valence-electron chi connectivity index (χ2n) is 5.71. The van der Waals surface area contributed by atoms with Crippen LogP contribution >= 0.6 is 0 Å². The number of aryl methyl sites for hydroxylation is 1. The van der Waals surface area contributed by atoms with E-state index in [0.29, 0.717) is 11.1 Å². The van der Waals surface area contributed by atoms with Gasteiger partial charge < -0.3 is 4.74 Å². The summed E-state index contributed by atoms with van der Waals surface area (Å²) in [4.78, 5) is 26.4. The van der Waals surface area contributed by atoms with Crippen molar-refractivity contribution in [1.29, 1.82) is 0 Å². The number of nitro benzene ring substituents is 1. The molecule has 1 heterocycles. The average Bonchev–Trinajstić information content (AvgIpc) is 2.96. The van der Waals surface area contributed by atoms with E-state index in [1.165, 1.54) is 18.2 Å². The summed E-state index contributed by atoms with van der Waals surface area (Å²) in [6, 6.07) is 8.41. The minimum atomic E-state index is -4.47. The van der Waals surface area contributed by atoms with Crippen molar-refractivity contribution in [3.05, 3.63) is 80.5 Å². The van der Waals surface area contributed by atoms with Crippen molar-refractivity contribution in [1.82, 2.24) is 0 Å². The summed E-state index contributed by atoms with van der Waals surface area (Å²) >= 11 is 0. The monoisotopic (exact) mass is 376 g/mol. The molecule has 0 atom stereocenters. The molecule has 0 aliphatic carbocycles. The van der Waals surface area contributed by atoms with Crippen LogP contribution in [0.3, 0.4) is 0 Å². The first-order valence-electron chi connectivity index (χ1n) is 7.60. The summed E-state index contributed by atoms with van der Waals surface area (Å²) in [5.74, 6) is -0.935. The molecular formula is C18H11F3N2O4. The first-order chi connectivity index (χ1) is 12.6. The van der Waals surface area contributed by atoms with Crippen molar-refractivity contribution in [2.45, 2.75) is 13.1 Å². The van der Waals surface area contributed by atoms with E-state index in [9.17, 15) is 28.1 Å². The Kier molecular flexibility index (Phi) is 4.52. The molecule has 0 fully saturated rings. The van der Waals surface area contributed by atoms with Gasteiger partial charge in [-0.25, -0.2) is 9.79 Å². The lowest BCUT2D eigenvalue weighted by atomic mass is 10.1. The maximum atomic E-state index is 12.6. The lowest BCUT2D eigenvalue weighted by Crippen LogP contribution is -2.08. The first-order valence-corrected chi connectivity index (χ1v) is 7.60. The van der Waals surface area contributed by atoms with Gasteiger partial charge in [-0.05, 0) is 42.8 Å². The third kappa shape index (κ3) is 3.86. The Hall–Kier alpha value is -3.49. The van der Waals surface area contributed by atoms with Crippen molar-refractivity contribution in [3.63, 3.8) is 0 Å². The highest BCUT2D eigenvalue weighted by atomic mass is 19.4. The van der Waals surface area contributed by atoms with E-state index >= 15 is 0 Å². The molecule has 9 heteroatoms. The molecule has 0 N–H and O–H groups in total. The standard InChI is InChI=1S/C18H11F3N2O4/c1-10-2-3-11(9-15(10)23(25)26)8-14-17(24)27-16(22-14)12-4-6-13(7-5-12)18(19,20)21/h2-9H,1H3. The van der Waals surface area contributed by atoms with E-state index < -0.39 is 22.6 Å². The Morgan fingerprint density at radius 1 is 1.15 bits per heavy atom. The molecule has 0 bridgehead atoms. The Morgan fingerprint density at radius 3 is 2.41 bits per heavy atom. The summed E-state index contributed by atoms with van der Waals surface area (Å²) in [6.45, 7) is 1.58. The van der Waals surface area contributed by atoms with Gasteiger partial charge in [0.1, 0.15) is 0 Å². The van der Waals surface area contributed by atoms with Gasteiger partial charge >= 0.3 is 12.1 Å². The Bertz CT molecular complexity index is 993. The van der Waals surface area contributed by atoms with Crippen LogP contribution in [0, 0.1) is 17.0 Å². The zero-order chi connectivity index (χ0) is 19.8. The van der Waals surface area contributed by atoms with Crippen LogP contribution in [0.1, 0.15) is 22.3 Å². The summed E-state index contributed by atoms with van der Waals surface area (Å²) < 4.78 is 42.8. The lowest BCUT2D eigenvalue weighted by Gasteiger charge is -2.06. The van der Waals surface area contributed by atoms with Crippen molar-refractivity contribution in [3.8, 4) is 0 Å². The number of nitrogens with zero attached hydrogens (tertiary/aromatic N) is 2. The third-order valence-electron chi connectivity index (χ3n) is 3.81. The predicted octanol–water partition coefficient (Wildman–Crippen LogP) is 4.27. The zero-order valence-corrected chi connectivity index (χ0v) is 13.8. The van der Waals surface area contributed by atoms with Gasteiger partial charge in [-0.2, -0.15) is 13.2 Å². The fraction of sp³-hybridized carbons (Fsp3) is 0.111. The van der Waals surface area contributed by atoms with Crippen LogP contribution in [0.4, 0.5) is 18.9 Å². The molecule has 3 rings (SSSR count). The highest BCUT2D eigenvalue weighted by Gasteiger charge is 2.31. The van der Waals surface area contributed by atoms with Gasteiger partial charge in [-0.1, -0.05) is 12.1 Å². The summed E-state index contributed by atoms with van der Waals surface area (Å²) in [5.41, 5.74) is -0.0130. The minimum absolute atomic E-state index is 0.108. The maximum absolute atomic E-state index is 12.6. The van der Waals surface area contributed by atoms with Crippen LogP contribution in [0.2, 0.25) is 0 Å². The number of ether oxygens (including phenoxy) is 1. The van der Waals surface area contributed by atoms with E-state index in [0.717, 1.165) is 24.3 Å². The quantitative estimate of drug-likeness (QED) is 0.347. The fourth-order valence-corrected chi connectivity index (χ4v) is 2.41. The molecule has 0 saturated carbocycles. The molecule has 2 aromatic rings. The Balaban J connectivity index is 1.91. The van der Waals surface area contributed by atoms with Gasteiger partial charge in [0.2, 0.25) is 5.90 Å². The highest BCUT2D eigenvalue weighted by molar-refractivity contribution is 6.12. The SMILES string of the molecule is Cc1ccc(C=C2N=C(c3ccc(C(F)(F)F)cc3)OC2=O)cc1[N+](=O)[O-]. The van der Waals surface area contributed by atoms with Gasteiger partial charge in [0.25, 0.3) is 5.69 Å². The Morgan fingerprint density at radius 2 is 1.81 bits per heavy atom. The molecule has 0 unspecified atom stereocenters. The first kappa shape index (κ1) is 18.3. The van der Waals surface area contributed by atoms with E-state index in [2.05, 4.69) is 4.99 Å². The zero-order valence-electron chi connectivity index (χ0n) is 13.8. The molecule has 2 aromatic carbocycles. The van der Waals surface area contributed by atoms with Gasteiger partial charge in [-0.3, -0.25) is 10.1 Å². The second-order valence-corrected chi connectivity index (χ2v) is 5.71. The normalized spacial score (nSPS) is 15.6. The van der Waals surface area contributed by atoms with Gasteiger partial charge in [0.15, 0.2) is 5.70 Å². The van der Waals surface area contributed by atoms with Crippen molar-refractivity contribution >= 4 is 23.6 Å². The minimum Gasteiger partial charge on any atom is -0.402 e. The molecule has 6 nitrogen and oxygen atoms in total. The van der Waals surface area contributed by atoms with Gasteiger partial charge in [0, 0.05) is 17.2 Å². The number of cyclic esters (lactones) is 1. The number of halogens is 3. The number of benzene rings is 2. The molecule has 0 amide bonds. The van der Waals surface area contributed by atoms with Crippen LogP contribution in [0.5, 0.6) is 0 Å². The van der Waals surface area contributed by atoms with E-state index in [-0.39, 0.29) is 22.8 Å². The number of hydrogen-bond donors (Lipinski definition) is 0. The summed E-state index contributed by atoms with van der Waals surface area (Å²) in [6.07, 6.45) is -3.16. The van der Waals surface area contributed by atoms with E-state index in [4.69, 9.17) is 4.74 Å². The third-order valence-corrected chi connectivity index (χ3v) is 3.81. The molecule has 1 aliphatic rings. The van der Waals surface area contributed by atoms with Crippen molar-refractivity contribution in [2.24, 2.45) is 4.99 Å². The number of carbonyl (C=O) groups excluding carboxylic acids is 1. The van der Waals surface area contributed by atoms with Gasteiger partial charge in [-0.15, -0.1) is 0 Å². The molecule has 27 heavy (non-hydrogen) atoms. The predicted molar refractivity (Wildman–Crippen MR) is 89.9 cm³/mol. The molecule has 0 radical (unpaired) electrons. The van der Waals surface area contributed by atoms with Gasteiger partial charge in [0.05, 0.1) is 10.5 Å². The van der Waals surface area contributed by atoms with Crippen molar-refractivity contribution < 1.29 is 27.6 Å². The lowest BCUT2D eigenvalue weighted by molar-refractivity contribution is -0.385. The molecule has 1 aliphatic heterocycles. The van der Waals surface area contributed by atoms with E-state index in [1.54, 1.807) is 13.0 Å². The number of rotatable bonds is 3. The molecule has 0 spiro atoms. The highest BCUT2D eigenvalue weighted by Crippen LogP contribution is 2.30. The maximum Gasteiger partial charge on any atom is 0.416 e. The van der Waals surface area contributed by atoms with Crippen LogP contribution < -0.4 is 0 Å². The van der Waals surface area contributed by atoms with Crippen LogP contribution in [-0.2, 0) is 15.7 Å². The second kappa shape index (κ2) is 6.67. The number of carbonyl (C=O) groups is 1. The number of aliphatic imine (C=N–C) groups is 1. The number of esters is 1. The largest absolute Gasteiger partial charge is 0.416 e. The molecular weight excluding hydrogens is 365 g/mol. The number of hydrogen-bond acceptors (Lipinski definition) is 5. The van der Waals surface area contributed by atoms with Crippen LogP contribution in [0.15, 0.2) is 53.2 Å². The van der Waals surface area contributed by atoms with Crippen molar-refractivity contribution in [2.75, 3.05) is 0 Å². The fourth-order valence-electron chi connectivity index (χ4n) is 2.41. The molecule has 138 valence electrons. The molecule has 0 saturated heterocycles. The summed E-state index contributed by atoms with van der Waals surface area (Å²) in [5, 5.41) is 11.0. The van der Waals surface area contributed by atoms with E-state index in [1.807, 2.05) is 0 Å². The topological polar surface area (TPSA) is 81.8 Å².